The molecule has 3 saturated heterocycles. The number of H-pyrrole nitrogens is 1. The monoisotopic (exact) mass is 1190 g/mol. The van der Waals surface area contributed by atoms with Crippen molar-refractivity contribution in [2.45, 2.75) is 108 Å². The number of aromatic amines is 1. The number of nitrogens with zero attached hydrogens (tertiary/aromatic N) is 13. The second-order valence-electron chi connectivity index (χ2n) is 24.8. The highest BCUT2D eigenvalue weighted by Gasteiger charge is 2.44. The van der Waals surface area contributed by atoms with Gasteiger partial charge in [0.15, 0.2) is 9.84 Å². The molecule has 0 bridgehead atoms. The Labute approximate surface area is 495 Å². The van der Waals surface area contributed by atoms with Gasteiger partial charge < -0.3 is 39.3 Å². The van der Waals surface area contributed by atoms with Crippen molar-refractivity contribution < 1.29 is 37.0 Å². The van der Waals surface area contributed by atoms with Gasteiger partial charge >= 0.3 is 6.09 Å². The smallest absolute Gasteiger partial charge is 0.407 e. The van der Waals surface area contributed by atoms with Gasteiger partial charge in [0.1, 0.15) is 34.4 Å². The number of aromatic nitrogens is 7. The Kier molecular flexibility index (Phi) is 17.1. The predicted molar refractivity (Wildman–Crippen MR) is 321 cm³/mol. The highest BCUT2D eigenvalue weighted by molar-refractivity contribution is 7.92. The maximum Gasteiger partial charge on any atom is 0.407 e. The van der Waals surface area contributed by atoms with E-state index in [0.29, 0.717) is 124 Å². The highest BCUT2D eigenvalue weighted by Crippen LogP contribution is 2.41. The fourth-order valence-corrected chi connectivity index (χ4v) is 13.5. The second kappa shape index (κ2) is 24.0. The molecule has 25 heteroatoms. The van der Waals surface area contributed by atoms with E-state index in [9.17, 15) is 37.1 Å². The average Bonchev–Trinajstić information content (AvgIpc) is 2.17. The molecule has 8 heterocycles. The lowest BCUT2D eigenvalue weighted by atomic mass is 9.90. The molecular formula is C60H78FN15O8S. The Hall–Kier alpha value is -7.61. The van der Waals surface area contributed by atoms with E-state index in [4.69, 9.17) is 4.74 Å². The quantitative estimate of drug-likeness (QED) is 0.0995. The van der Waals surface area contributed by atoms with Crippen LogP contribution in [0.2, 0.25) is 0 Å². The third-order valence-electron chi connectivity index (χ3n) is 17.3. The fraction of sp³-hybridized carbons (Fsp3) is 0.517. The molecular weight excluding hydrogens is 1110 g/mol. The molecule has 2 aromatic carbocycles. The first-order chi connectivity index (χ1) is 40.3. The number of amides is 3. The number of carboxylic acid groups (broad SMARTS) is 1. The summed E-state index contributed by atoms with van der Waals surface area (Å²) in [5, 5.41) is 21.3. The van der Waals surface area contributed by atoms with Gasteiger partial charge in [-0.25, -0.2) is 37.5 Å². The van der Waals surface area contributed by atoms with Crippen LogP contribution >= 0.6 is 0 Å². The van der Waals surface area contributed by atoms with Crippen molar-refractivity contribution in [3.8, 4) is 5.75 Å². The van der Waals surface area contributed by atoms with Gasteiger partial charge in [-0.1, -0.05) is 26.0 Å². The van der Waals surface area contributed by atoms with E-state index in [-0.39, 0.29) is 78.1 Å². The second-order valence-corrected chi connectivity index (χ2v) is 27.5. The van der Waals surface area contributed by atoms with Crippen molar-refractivity contribution in [2.75, 3.05) is 107 Å². The zero-order valence-electron chi connectivity index (χ0n) is 50.2. The molecule has 0 unspecified atom stereocenters. The standard InChI is InChI=1S/C60H78FN15O8S/c1-37-30-73(22-21-72(37)32-45-33-75(58(80)81)38(2)31-74(45)34-51(77)76-35-60(8,9)52-48(76)25-42(55(78)69(52)10)24-41-12-14-44(61)15-13-41)57-62-28-43(29-63-57)56(79)71-19-17-70(18-20-71)16-11-23-84-49-27-47-46(26-50(49)85(82,83)59(5,6)7)54(65-36-64-47)66-53-39(3)40(4)67-68-53/h12-15,25-29,36-38,45H,11,16-24,30-35H2,1-10H3,(H,80,81)(H2,64,65,66,67,68)/t37-,38-,45+/m1/s1. The number of nitrogens with one attached hydrogen (secondary N) is 2. The zero-order valence-corrected chi connectivity index (χ0v) is 51.0. The largest absolute Gasteiger partial charge is 0.492 e. The lowest BCUT2D eigenvalue weighted by Crippen LogP contribution is -2.64. The molecule has 454 valence electrons. The van der Waals surface area contributed by atoms with Crippen molar-refractivity contribution in [3.05, 3.63) is 111 Å². The molecule has 3 atom stereocenters. The first-order valence-corrected chi connectivity index (χ1v) is 30.6. The van der Waals surface area contributed by atoms with Crippen molar-refractivity contribution in [1.82, 2.24) is 59.2 Å². The number of anilines is 4. The minimum Gasteiger partial charge on any atom is -0.492 e. The number of sulfone groups is 1. The summed E-state index contributed by atoms with van der Waals surface area (Å²) in [5.41, 5.74) is 4.70. The number of carbonyl (C=O) groups is 3. The van der Waals surface area contributed by atoms with Crippen LogP contribution in [-0.4, -0.2) is 205 Å². The van der Waals surface area contributed by atoms with E-state index >= 15 is 0 Å². The van der Waals surface area contributed by atoms with E-state index in [0.717, 1.165) is 22.5 Å². The van der Waals surface area contributed by atoms with Gasteiger partial charge in [-0.05, 0) is 84.7 Å². The van der Waals surface area contributed by atoms with Crippen molar-refractivity contribution >= 4 is 61.9 Å². The summed E-state index contributed by atoms with van der Waals surface area (Å²) in [6, 6.07) is 10.5. The van der Waals surface area contributed by atoms with Gasteiger partial charge in [0, 0.05) is 151 Å². The molecule has 3 amide bonds. The number of fused-ring (bicyclic) bond motifs is 2. The number of rotatable bonds is 16. The SMILES string of the molecule is Cc1n[nH]c(Nc2ncnc3cc(OCCCN4CCN(C(=O)c5cnc(N6CCN(C[C@H]7CN(C(=O)O)[C@H](C)CN7CC(=O)N7CC(C)(C)c8c7cc(Cc7ccc(F)cc7)c(=O)n8C)[C@H](C)C6)nc5)CC4)c(S(=O)(=O)C(C)(C)C)cc23)c1C. The number of benzene rings is 2. The topological polar surface area (TPSA) is 252 Å². The van der Waals surface area contributed by atoms with Crippen molar-refractivity contribution in [1.29, 1.82) is 0 Å². The first kappa shape index (κ1) is 60.5. The lowest BCUT2D eigenvalue weighted by Gasteiger charge is -2.48. The summed E-state index contributed by atoms with van der Waals surface area (Å²) in [6.45, 7) is 23.4. The molecule has 0 spiro atoms. The molecule has 4 aliphatic rings. The van der Waals surface area contributed by atoms with Gasteiger partial charge in [0.2, 0.25) is 11.9 Å². The molecule has 23 nitrogen and oxygen atoms in total. The Morgan fingerprint density at radius 2 is 1.62 bits per heavy atom. The molecule has 4 aliphatic heterocycles. The molecule has 3 N–H and O–H groups in total. The fourth-order valence-electron chi connectivity index (χ4n) is 12.2. The number of halogens is 1. The zero-order chi connectivity index (χ0) is 60.9. The Morgan fingerprint density at radius 1 is 0.906 bits per heavy atom. The van der Waals surface area contributed by atoms with E-state index < -0.39 is 26.1 Å². The molecule has 6 aromatic rings. The Bertz CT molecular complexity index is 3660. The Balaban J connectivity index is 0.720. The maximum absolute atomic E-state index is 14.6. The number of hydrogen-bond acceptors (Lipinski definition) is 17. The van der Waals surface area contributed by atoms with Crippen LogP contribution in [0.4, 0.5) is 32.5 Å². The maximum atomic E-state index is 14.6. The molecule has 0 radical (unpaired) electrons. The number of hydrogen-bond donors (Lipinski definition) is 3. The van der Waals surface area contributed by atoms with Crippen LogP contribution in [0.25, 0.3) is 10.9 Å². The Morgan fingerprint density at radius 3 is 2.28 bits per heavy atom. The van der Waals surface area contributed by atoms with Gasteiger partial charge in [0.25, 0.3) is 11.5 Å². The van der Waals surface area contributed by atoms with E-state index in [1.165, 1.54) is 23.4 Å². The summed E-state index contributed by atoms with van der Waals surface area (Å²) >= 11 is 0. The summed E-state index contributed by atoms with van der Waals surface area (Å²) in [6.07, 6.45) is 4.48. The third kappa shape index (κ3) is 12.6. The summed E-state index contributed by atoms with van der Waals surface area (Å²) in [7, 11) is -2.12. The van der Waals surface area contributed by atoms with E-state index in [2.05, 4.69) is 62.0 Å². The minimum atomic E-state index is -3.86. The normalized spacial score (nSPS) is 19.8. The number of ether oxygens (including phenoxy) is 1. The van der Waals surface area contributed by atoms with E-state index in [1.54, 1.807) is 78.8 Å². The van der Waals surface area contributed by atoms with Crippen LogP contribution in [0.1, 0.15) is 93.3 Å². The number of pyridine rings is 1. The third-order valence-corrected chi connectivity index (χ3v) is 19.8. The average molecular weight is 1190 g/mol. The number of aryl methyl sites for hydroxylation is 1. The molecule has 4 aromatic heterocycles. The van der Waals surface area contributed by atoms with E-state index in [1.807, 2.05) is 40.7 Å². The van der Waals surface area contributed by atoms with Gasteiger partial charge in [0.05, 0.1) is 46.1 Å². The van der Waals surface area contributed by atoms with Crippen LogP contribution in [-0.2, 0) is 33.5 Å². The summed E-state index contributed by atoms with van der Waals surface area (Å²) in [5.74, 6) is 1.17. The highest BCUT2D eigenvalue weighted by atomic mass is 32.2. The predicted octanol–water partition coefficient (Wildman–Crippen LogP) is 5.62. The minimum absolute atomic E-state index is 0.0126. The van der Waals surface area contributed by atoms with Crippen LogP contribution in [0, 0.1) is 19.7 Å². The molecule has 10 rings (SSSR count). The lowest BCUT2D eigenvalue weighted by molar-refractivity contribution is -0.121. The first-order valence-electron chi connectivity index (χ1n) is 29.1. The summed E-state index contributed by atoms with van der Waals surface area (Å²) in [4.78, 5) is 86.7. The van der Waals surface area contributed by atoms with Crippen LogP contribution in [0.5, 0.6) is 5.75 Å². The van der Waals surface area contributed by atoms with Crippen molar-refractivity contribution in [2.24, 2.45) is 7.05 Å². The van der Waals surface area contributed by atoms with Gasteiger partial charge in [-0.2, -0.15) is 5.10 Å². The van der Waals surface area contributed by atoms with Crippen LogP contribution in [0.15, 0.2) is 70.9 Å². The van der Waals surface area contributed by atoms with Crippen LogP contribution in [0.3, 0.4) is 0 Å². The van der Waals surface area contributed by atoms with Gasteiger partial charge in [-0.3, -0.25) is 34.2 Å². The number of carbonyl (C=O) groups excluding carboxylic acids is 2. The molecule has 0 aliphatic carbocycles. The van der Waals surface area contributed by atoms with Gasteiger partial charge in [-0.15, -0.1) is 0 Å². The molecule has 85 heavy (non-hydrogen) atoms. The molecule has 0 saturated carbocycles. The number of piperazine rings is 3. The van der Waals surface area contributed by atoms with Crippen molar-refractivity contribution in [3.63, 3.8) is 0 Å². The van der Waals surface area contributed by atoms with Crippen LogP contribution < -0.4 is 25.4 Å². The molecule has 3 fully saturated rings. The summed E-state index contributed by atoms with van der Waals surface area (Å²) < 4.78 is 48.6.